The third kappa shape index (κ3) is 1.49. The smallest absolute Gasteiger partial charge is 0.0960 e. The van der Waals surface area contributed by atoms with E-state index in [0.717, 1.165) is 17.6 Å². The Hall–Kier alpha value is -1.35. The summed E-state index contributed by atoms with van der Waals surface area (Å²) in [6.45, 7) is 0. The van der Waals surface area contributed by atoms with Crippen LogP contribution in [-0.4, -0.2) is 21.6 Å². The van der Waals surface area contributed by atoms with E-state index >= 15 is 0 Å². The number of imidazole rings is 1. The van der Waals surface area contributed by atoms with Crippen molar-refractivity contribution in [1.82, 2.24) is 14.9 Å². The van der Waals surface area contributed by atoms with Crippen LogP contribution in [0, 0.1) is 0 Å². The van der Waals surface area contributed by atoms with Crippen molar-refractivity contribution in [3.8, 4) is 0 Å². The van der Waals surface area contributed by atoms with Crippen molar-refractivity contribution < 1.29 is 0 Å². The number of rotatable bonds is 1. The Kier molecular flexibility index (Phi) is 2.03. The van der Waals surface area contributed by atoms with E-state index in [2.05, 4.69) is 39.1 Å². The second kappa shape index (κ2) is 3.57. The monoisotopic (exact) mass is 227 g/mol. The number of nitrogens with one attached hydrogen (secondary N) is 1. The molecule has 0 saturated carbocycles. The van der Waals surface area contributed by atoms with Crippen LogP contribution in [0.4, 0.5) is 0 Å². The highest BCUT2D eigenvalue weighted by atomic mass is 15.1. The van der Waals surface area contributed by atoms with E-state index in [1.165, 1.54) is 31.2 Å². The number of benzene rings is 1. The van der Waals surface area contributed by atoms with Gasteiger partial charge in [0, 0.05) is 18.1 Å². The van der Waals surface area contributed by atoms with Crippen molar-refractivity contribution in [2.24, 2.45) is 0 Å². The van der Waals surface area contributed by atoms with Gasteiger partial charge in [0.2, 0.25) is 0 Å². The lowest BCUT2D eigenvalue weighted by Gasteiger charge is -2.30. The Labute approximate surface area is 101 Å². The van der Waals surface area contributed by atoms with E-state index in [4.69, 9.17) is 0 Å². The maximum Gasteiger partial charge on any atom is 0.0960 e. The largest absolute Gasteiger partial charge is 0.327 e. The van der Waals surface area contributed by atoms with Crippen molar-refractivity contribution in [3.63, 3.8) is 0 Å². The van der Waals surface area contributed by atoms with Crippen molar-refractivity contribution in [2.45, 2.75) is 43.8 Å². The Morgan fingerprint density at radius 3 is 2.71 bits per heavy atom. The second-order valence-electron chi connectivity index (χ2n) is 5.40. The Balaban J connectivity index is 1.74. The van der Waals surface area contributed by atoms with Crippen LogP contribution in [0.25, 0.3) is 11.0 Å². The van der Waals surface area contributed by atoms with Gasteiger partial charge in [0.05, 0.1) is 17.4 Å². The van der Waals surface area contributed by atoms with Gasteiger partial charge in [0.25, 0.3) is 0 Å². The molecule has 3 atom stereocenters. The Morgan fingerprint density at radius 2 is 1.88 bits per heavy atom. The number of fused-ring (bicyclic) bond motifs is 3. The summed E-state index contributed by atoms with van der Waals surface area (Å²) >= 11 is 0. The molecule has 1 aromatic heterocycles. The van der Waals surface area contributed by atoms with Crippen LogP contribution in [0.5, 0.6) is 0 Å². The molecule has 17 heavy (non-hydrogen) atoms. The van der Waals surface area contributed by atoms with Crippen molar-refractivity contribution >= 4 is 11.0 Å². The summed E-state index contributed by atoms with van der Waals surface area (Å²) in [5, 5.41) is 3.70. The number of para-hydroxylation sites is 2. The normalized spacial score (nSPS) is 32.1. The zero-order valence-corrected chi connectivity index (χ0v) is 9.84. The zero-order valence-electron chi connectivity index (χ0n) is 9.84. The van der Waals surface area contributed by atoms with Gasteiger partial charge in [-0.1, -0.05) is 12.1 Å². The minimum absolute atomic E-state index is 0.640. The van der Waals surface area contributed by atoms with Gasteiger partial charge in [0.1, 0.15) is 0 Å². The van der Waals surface area contributed by atoms with Gasteiger partial charge >= 0.3 is 0 Å². The maximum atomic E-state index is 4.51. The minimum atomic E-state index is 0.640. The van der Waals surface area contributed by atoms with Crippen LogP contribution in [-0.2, 0) is 0 Å². The fraction of sp³-hybridized carbons (Fsp3) is 0.500. The van der Waals surface area contributed by atoms with Gasteiger partial charge in [-0.05, 0) is 37.8 Å². The summed E-state index contributed by atoms with van der Waals surface area (Å²) < 4.78 is 2.39. The van der Waals surface area contributed by atoms with Gasteiger partial charge in [-0.25, -0.2) is 4.98 Å². The van der Waals surface area contributed by atoms with Crippen LogP contribution in [0.1, 0.15) is 31.7 Å². The van der Waals surface area contributed by atoms with E-state index in [1.54, 1.807) is 0 Å². The van der Waals surface area contributed by atoms with Gasteiger partial charge in [-0.2, -0.15) is 0 Å². The Bertz CT molecular complexity index is 533. The van der Waals surface area contributed by atoms with Gasteiger partial charge in [-0.3, -0.25) is 0 Å². The van der Waals surface area contributed by atoms with Crippen LogP contribution < -0.4 is 5.32 Å². The molecule has 0 amide bonds. The third-order valence-corrected chi connectivity index (χ3v) is 4.32. The van der Waals surface area contributed by atoms with Crippen LogP contribution in [0.3, 0.4) is 0 Å². The first-order chi connectivity index (χ1) is 8.40. The standard InChI is InChI=1S/C14H17N3/c1-2-4-14-13(3-1)15-9-17(14)12-7-10-5-6-11(8-12)16-10/h1-4,9-12,16H,5-8H2/t10-,11+,12+. The van der Waals surface area contributed by atoms with Crippen molar-refractivity contribution in [1.29, 1.82) is 0 Å². The first-order valence-electron chi connectivity index (χ1n) is 6.58. The molecule has 2 bridgehead atoms. The molecular weight excluding hydrogens is 210 g/mol. The summed E-state index contributed by atoms with van der Waals surface area (Å²) in [7, 11) is 0. The molecular formula is C14H17N3. The van der Waals surface area contributed by atoms with Crippen LogP contribution >= 0.6 is 0 Å². The van der Waals surface area contributed by atoms with Crippen molar-refractivity contribution in [2.75, 3.05) is 0 Å². The topological polar surface area (TPSA) is 29.9 Å². The average molecular weight is 227 g/mol. The van der Waals surface area contributed by atoms with E-state index in [1.807, 2.05) is 6.33 Å². The molecule has 2 saturated heterocycles. The molecule has 88 valence electrons. The summed E-state index contributed by atoms with van der Waals surface area (Å²) in [6.07, 6.45) is 7.26. The summed E-state index contributed by atoms with van der Waals surface area (Å²) in [5.74, 6) is 0. The molecule has 3 heterocycles. The fourth-order valence-electron chi connectivity index (χ4n) is 3.52. The summed E-state index contributed by atoms with van der Waals surface area (Å²) in [6, 6.07) is 10.6. The number of hydrogen-bond acceptors (Lipinski definition) is 2. The van der Waals surface area contributed by atoms with E-state index in [0.29, 0.717) is 6.04 Å². The maximum absolute atomic E-state index is 4.51. The van der Waals surface area contributed by atoms with Crippen LogP contribution in [0.2, 0.25) is 0 Å². The highest BCUT2D eigenvalue weighted by Gasteiger charge is 2.34. The van der Waals surface area contributed by atoms with Gasteiger partial charge < -0.3 is 9.88 Å². The number of piperidine rings is 1. The molecule has 2 aromatic rings. The zero-order chi connectivity index (χ0) is 11.2. The fourth-order valence-corrected chi connectivity index (χ4v) is 3.52. The molecule has 3 heteroatoms. The van der Waals surface area contributed by atoms with E-state index < -0.39 is 0 Å². The molecule has 4 rings (SSSR count). The van der Waals surface area contributed by atoms with Crippen molar-refractivity contribution in [3.05, 3.63) is 30.6 Å². The number of aromatic nitrogens is 2. The molecule has 0 spiro atoms. The molecule has 0 radical (unpaired) electrons. The van der Waals surface area contributed by atoms with Gasteiger partial charge in [0.15, 0.2) is 0 Å². The molecule has 2 aliphatic heterocycles. The summed E-state index contributed by atoms with van der Waals surface area (Å²) in [5.41, 5.74) is 2.41. The number of nitrogens with zero attached hydrogens (tertiary/aromatic N) is 2. The van der Waals surface area contributed by atoms with E-state index in [9.17, 15) is 0 Å². The highest BCUT2D eigenvalue weighted by molar-refractivity contribution is 5.75. The molecule has 2 aliphatic rings. The quantitative estimate of drug-likeness (QED) is 0.811. The lowest BCUT2D eigenvalue weighted by atomic mass is 9.99. The van der Waals surface area contributed by atoms with Crippen LogP contribution in [0.15, 0.2) is 30.6 Å². The first-order valence-corrected chi connectivity index (χ1v) is 6.58. The SMILES string of the molecule is c1ccc2c(c1)ncn2[C@H]1C[C@H]2CC[C@@H](C1)N2. The highest BCUT2D eigenvalue weighted by Crippen LogP contribution is 2.35. The molecule has 3 nitrogen and oxygen atoms in total. The lowest BCUT2D eigenvalue weighted by Crippen LogP contribution is -2.38. The lowest BCUT2D eigenvalue weighted by molar-refractivity contribution is 0.303. The first kappa shape index (κ1) is 9.66. The third-order valence-electron chi connectivity index (χ3n) is 4.32. The molecule has 1 N–H and O–H groups in total. The average Bonchev–Trinajstić information content (AvgIpc) is 2.93. The molecule has 0 unspecified atom stereocenters. The van der Waals surface area contributed by atoms with Gasteiger partial charge in [-0.15, -0.1) is 0 Å². The number of hydrogen-bond donors (Lipinski definition) is 1. The molecule has 1 aromatic carbocycles. The predicted molar refractivity (Wildman–Crippen MR) is 67.9 cm³/mol. The Morgan fingerprint density at radius 1 is 1.12 bits per heavy atom. The summed E-state index contributed by atoms with van der Waals surface area (Å²) in [4.78, 5) is 4.51. The predicted octanol–water partition coefficient (Wildman–Crippen LogP) is 2.49. The van der Waals surface area contributed by atoms with E-state index in [-0.39, 0.29) is 0 Å². The minimum Gasteiger partial charge on any atom is -0.327 e. The molecule has 0 aliphatic carbocycles. The second-order valence-corrected chi connectivity index (χ2v) is 5.40. The molecule has 2 fully saturated rings.